The second-order valence-electron chi connectivity index (χ2n) is 10.2. The summed E-state index contributed by atoms with van der Waals surface area (Å²) in [7, 11) is 0. The lowest BCUT2D eigenvalue weighted by atomic mass is 9.95. The minimum absolute atomic E-state index is 0.425. The minimum atomic E-state index is -0.445. The third-order valence-corrected chi connectivity index (χ3v) is 6.58. The van der Waals surface area contributed by atoms with Crippen molar-refractivity contribution < 1.29 is 23.0 Å². The first-order valence-electron chi connectivity index (χ1n) is 14.3. The average molecular weight is 576 g/mol. The molecule has 0 aliphatic rings. The van der Waals surface area contributed by atoms with E-state index in [9.17, 15) is 4.39 Å². The molecule has 6 N–H and O–H groups in total. The van der Waals surface area contributed by atoms with E-state index in [1.165, 1.54) is 24.3 Å². The summed E-state index contributed by atoms with van der Waals surface area (Å²) in [6, 6.07) is 20.6. The van der Waals surface area contributed by atoms with E-state index in [2.05, 4.69) is 0 Å². The summed E-state index contributed by atoms with van der Waals surface area (Å²) in [5, 5.41) is 0. The van der Waals surface area contributed by atoms with Crippen molar-refractivity contribution in [1.82, 2.24) is 0 Å². The van der Waals surface area contributed by atoms with Gasteiger partial charge in [-0.3, -0.25) is 0 Å². The molecule has 42 heavy (non-hydrogen) atoms. The predicted molar refractivity (Wildman–Crippen MR) is 165 cm³/mol. The van der Waals surface area contributed by atoms with Crippen LogP contribution in [0.3, 0.4) is 0 Å². The van der Waals surface area contributed by atoms with Crippen molar-refractivity contribution >= 4 is 0 Å². The summed E-state index contributed by atoms with van der Waals surface area (Å²) in [5.74, 6) is 0.999. The van der Waals surface area contributed by atoms with Crippen LogP contribution in [0, 0.1) is 18.6 Å². The monoisotopic (exact) mass is 575 g/mol. The normalized spacial score (nSPS) is 11.0. The molecule has 6 nitrogen and oxygen atoms in total. The van der Waals surface area contributed by atoms with Gasteiger partial charge in [0.15, 0.2) is 0 Å². The van der Waals surface area contributed by atoms with Gasteiger partial charge in [-0.2, -0.15) is 0 Å². The van der Waals surface area contributed by atoms with Crippen molar-refractivity contribution in [2.24, 2.45) is 17.2 Å². The molecular formula is C34H39F2N3O3. The average Bonchev–Trinajstić information content (AvgIpc) is 2.97. The van der Waals surface area contributed by atoms with Crippen LogP contribution < -0.4 is 31.4 Å². The third-order valence-electron chi connectivity index (χ3n) is 6.58. The van der Waals surface area contributed by atoms with E-state index in [-0.39, 0.29) is 0 Å². The maximum Gasteiger partial charge on any atom is 0.124 e. The number of rotatable bonds is 15. The van der Waals surface area contributed by atoms with E-state index in [4.69, 9.17) is 31.4 Å². The molecule has 0 fully saturated rings. The number of aryl methyl sites for hydroxylation is 1. The Morgan fingerprint density at radius 2 is 0.786 bits per heavy atom. The Balaban J connectivity index is 1.71. The highest BCUT2D eigenvalue weighted by Crippen LogP contribution is 2.35. The molecule has 0 amide bonds. The molecular weight excluding hydrogens is 536 g/mol. The topological polar surface area (TPSA) is 106 Å². The van der Waals surface area contributed by atoms with Crippen molar-refractivity contribution in [2.45, 2.75) is 26.2 Å². The largest absolute Gasteiger partial charge is 0.494 e. The first-order valence-corrected chi connectivity index (χ1v) is 14.3. The Bertz CT molecular complexity index is 1450. The first-order chi connectivity index (χ1) is 20.4. The van der Waals surface area contributed by atoms with Crippen molar-refractivity contribution in [3.63, 3.8) is 0 Å². The maximum absolute atomic E-state index is 15.1. The smallest absolute Gasteiger partial charge is 0.124 e. The van der Waals surface area contributed by atoms with Gasteiger partial charge in [-0.05, 0) is 145 Å². The second kappa shape index (κ2) is 15.3. The standard InChI is InChI=1S/C34H39F2N3O3/c1-23-11-24(19-32(12-23)40-8-2-5-37)25-13-26(16-30(35)15-25)27-14-28(18-31(36)17-27)29-20-33(41-9-3-6-38)22-34(21-29)42-10-4-7-39/h11-22H,2-10,37-39H2,1H3. The molecule has 0 saturated heterocycles. The first kappa shape index (κ1) is 31.0. The zero-order valence-electron chi connectivity index (χ0n) is 24.0. The lowest BCUT2D eigenvalue weighted by molar-refractivity contribution is 0.298. The summed E-state index contributed by atoms with van der Waals surface area (Å²) in [6.45, 7) is 4.90. The maximum atomic E-state index is 15.1. The molecule has 4 rings (SSSR count). The second-order valence-corrected chi connectivity index (χ2v) is 10.2. The zero-order chi connectivity index (χ0) is 29.9. The molecule has 0 bridgehead atoms. The molecule has 0 heterocycles. The molecule has 222 valence electrons. The van der Waals surface area contributed by atoms with Crippen molar-refractivity contribution in [1.29, 1.82) is 0 Å². The van der Waals surface area contributed by atoms with E-state index < -0.39 is 11.6 Å². The summed E-state index contributed by atoms with van der Waals surface area (Å²) >= 11 is 0. The van der Waals surface area contributed by atoms with Gasteiger partial charge in [0.1, 0.15) is 28.9 Å². The van der Waals surface area contributed by atoms with Gasteiger partial charge in [0, 0.05) is 6.07 Å². The number of benzene rings is 4. The number of hydrogen-bond donors (Lipinski definition) is 3. The van der Waals surface area contributed by atoms with Gasteiger partial charge in [0.2, 0.25) is 0 Å². The SMILES string of the molecule is Cc1cc(OCCCN)cc(-c2cc(F)cc(-c3cc(F)cc(-c4cc(OCCCN)cc(OCCCN)c4)c3)c2)c1. The highest BCUT2D eigenvalue weighted by Gasteiger charge is 2.12. The van der Waals surface area contributed by atoms with Gasteiger partial charge < -0.3 is 31.4 Å². The fourth-order valence-corrected chi connectivity index (χ4v) is 4.57. The Hall–Kier alpha value is -3.98. The molecule has 4 aromatic rings. The number of halogens is 2. The summed E-state index contributed by atoms with van der Waals surface area (Å²) in [6.07, 6.45) is 2.13. The highest BCUT2D eigenvalue weighted by molar-refractivity contribution is 5.78. The Morgan fingerprint density at radius 1 is 0.452 bits per heavy atom. The Labute approximate surface area is 246 Å². The number of hydrogen-bond acceptors (Lipinski definition) is 6. The van der Waals surface area contributed by atoms with Crippen LogP contribution in [0.5, 0.6) is 17.2 Å². The molecule has 0 saturated carbocycles. The van der Waals surface area contributed by atoms with Crippen molar-refractivity contribution in [3.05, 3.63) is 90.0 Å². The fraction of sp³-hybridized carbons (Fsp3) is 0.294. The quantitative estimate of drug-likeness (QED) is 0.141. The van der Waals surface area contributed by atoms with E-state index in [0.717, 1.165) is 17.5 Å². The van der Waals surface area contributed by atoms with E-state index in [1.807, 2.05) is 49.4 Å². The van der Waals surface area contributed by atoms with Gasteiger partial charge >= 0.3 is 0 Å². The van der Waals surface area contributed by atoms with E-state index in [0.29, 0.717) is 97.4 Å². The molecule has 8 heteroatoms. The lowest BCUT2D eigenvalue weighted by Crippen LogP contribution is -2.07. The Kier molecular flexibility index (Phi) is 11.3. The number of nitrogens with two attached hydrogens (primary N) is 3. The van der Waals surface area contributed by atoms with Gasteiger partial charge in [-0.1, -0.05) is 6.07 Å². The van der Waals surface area contributed by atoms with Gasteiger partial charge in [-0.15, -0.1) is 0 Å². The van der Waals surface area contributed by atoms with Crippen LogP contribution in [0.15, 0.2) is 72.8 Å². The molecule has 0 radical (unpaired) electrons. The molecule has 0 unspecified atom stereocenters. The van der Waals surface area contributed by atoms with Crippen LogP contribution >= 0.6 is 0 Å². The summed E-state index contributed by atoms with van der Waals surface area (Å²) < 4.78 is 47.7. The Morgan fingerprint density at radius 3 is 1.17 bits per heavy atom. The number of ether oxygens (including phenoxy) is 3. The highest BCUT2D eigenvalue weighted by atomic mass is 19.1. The van der Waals surface area contributed by atoms with Gasteiger partial charge in [0.25, 0.3) is 0 Å². The molecule has 0 aliphatic carbocycles. The van der Waals surface area contributed by atoms with Crippen LogP contribution in [0.25, 0.3) is 33.4 Å². The van der Waals surface area contributed by atoms with E-state index in [1.54, 1.807) is 6.07 Å². The van der Waals surface area contributed by atoms with Crippen LogP contribution in [-0.4, -0.2) is 39.5 Å². The van der Waals surface area contributed by atoms with Crippen molar-refractivity contribution in [3.8, 4) is 50.6 Å². The third kappa shape index (κ3) is 8.76. The van der Waals surface area contributed by atoms with Crippen LogP contribution in [0.2, 0.25) is 0 Å². The fourth-order valence-electron chi connectivity index (χ4n) is 4.57. The van der Waals surface area contributed by atoms with Gasteiger partial charge in [-0.25, -0.2) is 8.78 Å². The summed E-state index contributed by atoms with van der Waals surface area (Å²) in [5.41, 5.74) is 21.7. The van der Waals surface area contributed by atoms with Crippen molar-refractivity contribution in [2.75, 3.05) is 39.5 Å². The van der Waals surface area contributed by atoms with E-state index >= 15 is 4.39 Å². The molecule has 0 aromatic heterocycles. The molecule has 0 aliphatic heterocycles. The molecule has 4 aromatic carbocycles. The molecule has 0 spiro atoms. The molecule has 0 atom stereocenters. The predicted octanol–water partition coefficient (Wildman–Crippen LogP) is 6.46. The summed E-state index contributed by atoms with van der Waals surface area (Å²) in [4.78, 5) is 0. The van der Waals surface area contributed by atoms with Crippen LogP contribution in [0.4, 0.5) is 8.78 Å². The van der Waals surface area contributed by atoms with Crippen LogP contribution in [-0.2, 0) is 0 Å². The van der Waals surface area contributed by atoms with Gasteiger partial charge in [0.05, 0.1) is 19.8 Å². The minimum Gasteiger partial charge on any atom is -0.494 e. The zero-order valence-corrected chi connectivity index (χ0v) is 24.0. The van der Waals surface area contributed by atoms with Crippen LogP contribution in [0.1, 0.15) is 24.8 Å². The lowest BCUT2D eigenvalue weighted by Gasteiger charge is -2.14.